The molecule has 4 N–H and O–H groups in total. The highest BCUT2D eigenvalue weighted by Gasteiger charge is 2.17. The standard InChI is InChI=1S/C14H19N5OS/c1-2-8-19-13(20)17-18-14(19)21-9-11(12(15)16)10-6-4-3-5-7-10/h3-7,11H,2,8-9H2,1H3,(H3,15,16)(H,17,20). The van der Waals surface area contributed by atoms with Crippen molar-refractivity contribution in [2.24, 2.45) is 5.73 Å². The summed E-state index contributed by atoms with van der Waals surface area (Å²) in [6, 6.07) is 9.70. The molecular formula is C14H19N5OS. The zero-order valence-electron chi connectivity index (χ0n) is 11.9. The number of benzene rings is 1. The van der Waals surface area contributed by atoms with E-state index in [2.05, 4.69) is 10.2 Å². The second-order valence-corrected chi connectivity index (χ2v) is 5.68. The first-order valence-electron chi connectivity index (χ1n) is 6.80. The summed E-state index contributed by atoms with van der Waals surface area (Å²) in [5, 5.41) is 14.9. The van der Waals surface area contributed by atoms with Gasteiger partial charge in [-0.2, -0.15) is 0 Å². The molecule has 1 aromatic heterocycles. The van der Waals surface area contributed by atoms with Gasteiger partial charge in [0.2, 0.25) is 0 Å². The summed E-state index contributed by atoms with van der Waals surface area (Å²) in [5.41, 5.74) is 6.51. The number of nitrogens with one attached hydrogen (secondary N) is 2. The first kappa shape index (κ1) is 15.4. The number of nitrogens with zero attached hydrogens (tertiary/aromatic N) is 2. The average molecular weight is 305 g/mol. The Labute approximate surface area is 127 Å². The number of aromatic amines is 1. The highest BCUT2D eigenvalue weighted by atomic mass is 32.2. The lowest BCUT2D eigenvalue weighted by Crippen LogP contribution is -2.23. The predicted octanol–water partition coefficient (Wildman–Crippen LogP) is 1.79. The second-order valence-electron chi connectivity index (χ2n) is 4.69. The van der Waals surface area contributed by atoms with Crippen LogP contribution in [0.4, 0.5) is 0 Å². The van der Waals surface area contributed by atoms with Gasteiger partial charge >= 0.3 is 5.69 Å². The van der Waals surface area contributed by atoms with Gasteiger partial charge in [-0.1, -0.05) is 49.0 Å². The van der Waals surface area contributed by atoms with Gasteiger partial charge in [-0.3, -0.25) is 9.98 Å². The van der Waals surface area contributed by atoms with Gasteiger partial charge in [0.25, 0.3) is 0 Å². The minimum absolute atomic E-state index is 0.119. The van der Waals surface area contributed by atoms with Gasteiger partial charge in [0, 0.05) is 12.3 Å². The van der Waals surface area contributed by atoms with Crippen LogP contribution in [0.5, 0.6) is 0 Å². The average Bonchev–Trinajstić information content (AvgIpc) is 2.82. The lowest BCUT2D eigenvalue weighted by atomic mass is 10.0. The molecule has 0 bridgehead atoms. The molecule has 0 aliphatic heterocycles. The van der Waals surface area contributed by atoms with Crippen molar-refractivity contribution in [1.29, 1.82) is 5.41 Å². The van der Waals surface area contributed by atoms with Crippen molar-refractivity contribution >= 4 is 17.6 Å². The molecule has 21 heavy (non-hydrogen) atoms. The number of nitrogens with two attached hydrogens (primary N) is 1. The molecule has 1 unspecified atom stereocenters. The fourth-order valence-corrected chi connectivity index (χ4v) is 3.17. The van der Waals surface area contributed by atoms with E-state index in [1.807, 2.05) is 37.3 Å². The molecule has 1 aromatic carbocycles. The highest BCUT2D eigenvalue weighted by molar-refractivity contribution is 7.99. The Morgan fingerprint density at radius 1 is 1.48 bits per heavy atom. The fourth-order valence-electron chi connectivity index (χ4n) is 2.04. The molecular weight excluding hydrogens is 286 g/mol. The molecule has 1 heterocycles. The van der Waals surface area contributed by atoms with E-state index in [0.29, 0.717) is 17.5 Å². The third-order valence-electron chi connectivity index (χ3n) is 3.13. The summed E-state index contributed by atoms with van der Waals surface area (Å²) in [6.45, 7) is 2.64. The van der Waals surface area contributed by atoms with Crippen LogP contribution in [-0.4, -0.2) is 26.4 Å². The summed E-state index contributed by atoms with van der Waals surface area (Å²) in [4.78, 5) is 11.6. The maximum atomic E-state index is 11.6. The number of rotatable bonds is 7. The van der Waals surface area contributed by atoms with Gasteiger partial charge in [-0.25, -0.2) is 9.89 Å². The van der Waals surface area contributed by atoms with Crippen LogP contribution in [0, 0.1) is 5.41 Å². The fraction of sp³-hybridized carbons (Fsp3) is 0.357. The summed E-state index contributed by atoms with van der Waals surface area (Å²) in [7, 11) is 0. The number of aromatic nitrogens is 3. The Balaban J connectivity index is 2.13. The number of amidine groups is 1. The number of hydrogen-bond donors (Lipinski definition) is 3. The largest absolute Gasteiger partial charge is 0.387 e. The van der Waals surface area contributed by atoms with Crippen molar-refractivity contribution in [1.82, 2.24) is 14.8 Å². The van der Waals surface area contributed by atoms with Gasteiger partial charge in [0.15, 0.2) is 5.16 Å². The van der Waals surface area contributed by atoms with Crippen LogP contribution in [0.25, 0.3) is 0 Å². The lowest BCUT2D eigenvalue weighted by molar-refractivity contribution is 0.603. The molecule has 0 saturated heterocycles. The normalized spacial score (nSPS) is 12.2. The molecule has 0 aliphatic carbocycles. The molecule has 2 aromatic rings. The van der Waals surface area contributed by atoms with Crippen LogP contribution in [0.2, 0.25) is 0 Å². The summed E-state index contributed by atoms with van der Waals surface area (Å²) in [6.07, 6.45) is 0.863. The first-order valence-corrected chi connectivity index (χ1v) is 7.79. The molecule has 0 aliphatic rings. The molecule has 0 fully saturated rings. The highest BCUT2D eigenvalue weighted by Crippen LogP contribution is 2.24. The van der Waals surface area contributed by atoms with Gasteiger partial charge in [0.1, 0.15) is 0 Å². The molecule has 0 saturated carbocycles. The molecule has 0 amide bonds. The first-order chi connectivity index (χ1) is 10.1. The van der Waals surface area contributed by atoms with Crippen molar-refractivity contribution in [3.05, 3.63) is 46.4 Å². The zero-order valence-corrected chi connectivity index (χ0v) is 12.7. The van der Waals surface area contributed by atoms with Crippen LogP contribution in [0.1, 0.15) is 24.8 Å². The van der Waals surface area contributed by atoms with Gasteiger partial charge in [0.05, 0.1) is 11.8 Å². The predicted molar refractivity (Wildman–Crippen MR) is 85.0 cm³/mol. The molecule has 6 nitrogen and oxygen atoms in total. The van der Waals surface area contributed by atoms with Crippen LogP contribution in [0.15, 0.2) is 40.3 Å². The number of hydrogen-bond acceptors (Lipinski definition) is 4. The minimum atomic E-state index is -0.196. The van der Waals surface area contributed by atoms with E-state index in [1.54, 1.807) is 4.57 Å². The van der Waals surface area contributed by atoms with Crippen LogP contribution >= 0.6 is 11.8 Å². The lowest BCUT2D eigenvalue weighted by Gasteiger charge is -2.15. The van der Waals surface area contributed by atoms with Crippen LogP contribution in [-0.2, 0) is 6.54 Å². The zero-order chi connectivity index (χ0) is 15.2. The minimum Gasteiger partial charge on any atom is -0.387 e. The van der Waals surface area contributed by atoms with Crippen molar-refractivity contribution in [2.45, 2.75) is 31.0 Å². The summed E-state index contributed by atoms with van der Waals surface area (Å²) < 4.78 is 1.62. The number of thioether (sulfide) groups is 1. The third kappa shape index (κ3) is 3.75. The Hall–Kier alpha value is -2.02. The summed E-state index contributed by atoms with van der Waals surface area (Å²) in [5.74, 6) is 0.514. The van der Waals surface area contributed by atoms with E-state index in [-0.39, 0.29) is 17.4 Å². The topological polar surface area (TPSA) is 101 Å². The van der Waals surface area contributed by atoms with Gasteiger partial charge in [-0.05, 0) is 12.0 Å². The van der Waals surface area contributed by atoms with E-state index in [0.717, 1.165) is 12.0 Å². The van der Waals surface area contributed by atoms with Crippen molar-refractivity contribution in [3.8, 4) is 0 Å². The van der Waals surface area contributed by atoms with Crippen molar-refractivity contribution < 1.29 is 0 Å². The molecule has 0 radical (unpaired) electrons. The van der Waals surface area contributed by atoms with Crippen LogP contribution in [0.3, 0.4) is 0 Å². The Bertz CT molecular complexity index is 649. The Kier molecular flexibility index (Phi) is 5.21. The maximum Gasteiger partial charge on any atom is 0.343 e. The molecule has 0 spiro atoms. The Morgan fingerprint density at radius 2 is 2.19 bits per heavy atom. The SMILES string of the molecule is CCCn1c(SCC(C(=N)N)c2ccccc2)n[nH]c1=O. The van der Waals surface area contributed by atoms with E-state index >= 15 is 0 Å². The van der Waals surface area contributed by atoms with Gasteiger partial charge < -0.3 is 5.73 Å². The van der Waals surface area contributed by atoms with Crippen LogP contribution < -0.4 is 11.4 Å². The van der Waals surface area contributed by atoms with Crippen molar-refractivity contribution in [2.75, 3.05) is 5.75 Å². The third-order valence-corrected chi connectivity index (χ3v) is 4.20. The molecule has 1 atom stereocenters. The quantitative estimate of drug-likeness (QED) is 0.412. The van der Waals surface area contributed by atoms with E-state index < -0.39 is 0 Å². The molecule has 7 heteroatoms. The number of H-pyrrole nitrogens is 1. The Morgan fingerprint density at radius 3 is 2.81 bits per heavy atom. The van der Waals surface area contributed by atoms with Gasteiger partial charge in [-0.15, -0.1) is 5.10 Å². The van der Waals surface area contributed by atoms with E-state index in [1.165, 1.54) is 11.8 Å². The molecule has 2 rings (SSSR count). The summed E-state index contributed by atoms with van der Waals surface area (Å²) >= 11 is 1.44. The monoisotopic (exact) mass is 305 g/mol. The molecule has 112 valence electrons. The second kappa shape index (κ2) is 7.12. The van der Waals surface area contributed by atoms with E-state index in [9.17, 15) is 4.79 Å². The maximum absolute atomic E-state index is 11.6. The van der Waals surface area contributed by atoms with E-state index in [4.69, 9.17) is 11.1 Å². The smallest absolute Gasteiger partial charge is 0.343 e. The van der Waals surface area contributed by atoms with Crippen molar-refractivity contribution in [3.63, 3.8) is 0 Å².